The molecule has 1 aromatic carbocycles. The first-order valence-corrected chi connectivity index (χ1v) is 7.60. The number of aromatic nitrogens is 1. The van der Waals surface area contributed by atoms with Gasteiger partial charge in [-0.25, -0.2) is 0 Å². The lowest BCUT2D eigenvalue weighted by atomic mass is 10.2. The van der Waals surface area contributed by atoms with Gasteiger partial charge in [-0.05, 0) is 19.0 Å². The normalized spacial score (nSPS) is 10.5. The van der Waals surface area contributed by atoms with Gasteiger partial charge in [-0.15, -0.1) is 11.3 Å². The van der Waals surface area contributed by atoms with Crippen LogP contribution in [0.2, 0.25) is 0 Å². The van der Waals surface area contributed by atoms with E-state index in [0.717, 1.165) is 41.4 Å². The predicted octanol–water partition coefficient (Wildman–Crippen LogP) is 3.23. The summed E-state index contributed by atoms with van der Waals surface area (Å²) in [6.07, 6.45) is 2.94. The molecule has 0 aliphatic heterocycles. The monoisotopic (exact) mass is 292 g/mol. The van der Waals surface area contributed by atoms with Gasteiger partial charge in [-0.1, -0.05) is 19.1 Å². The van der Waals surface area contributed by atoms with E-state index in [9.17, 15) is 0 Å². The van der Waals surface area contributed by atoms with Crippen LogP contribution in [0.3, 0.4) is 0 Å². The number of para-hydroxylation sites is 1. The molecule has 0 saturated carbocycles. The van der Waals surface area contributed by atoms with Gasteiger partial charge in [0.25, 0.3) is 0 Å². The van der Waals surface area contributed by atoms with Crippen molar-refractivity contribution in [2.75, 3.05) is 13.7 Å². The fraction of sp³-hybridized carbons (Fsp3) is 0.400. The van der Waals surface area contributed by atoms with Crippen molar-refractivity contribution in [1.29, 1.82) is 0 Å². The third-order valence-corrected chi connectivity index (χ3v) is 3.62. The van der Waals surface area contributed by atoms with Gasteiger partial charge in [0, 0.05) is 18.3 Å². The van der Waals surface area contributed by atoms with E-state index >= 15 is 0 Å². The zero-order valence-electron chi connectivity index (χ0n) is 11.9. The Morgan fingerprint density at radius 2 is 2.25 bits per heavy atom. The Hall–Kier alpha value is -1.59. The van der Waals surface area contributed by atoms with Crippen molar-refractivity contribution < 1.29 is 9.47 Å². The fourth-order valence-corrected chi connectivity index (χ4v) is 2.39. The van der Waals surface area contributed by atoms with Crippen molar-refractivity contribution in [2.24, 2.45) is 0 Å². The number of thiazole rings is 1. The smallest absolute Gasteiger partial charge is 0.166 e. The van der Waals surface area contributed by atoms with Crippen LogP contribution in [0.1, 0.15) is 23.8 Å². The summed E-state index contributed by atoms with van der Waals surface area (Å²) in [5, 5.41) is 3.39. The molecule has 0 aliphatic rings. The number of nitrogens with one attached hydrogen (secondary N) is 1. The third-order valence-electron chi connectivity index (χ3n) is 2.86. The van der Waals surface area contributed by atoms with E-state index in [2.05, 4.69) is 23.3 Å². The highest BCUT2D eigenvalue weighted by molar-refractivity contribution is 7.09. The van der Waals surface area contributed by atoms with Crippen molar-refractivity contribution in [3.63, 3.8) is 0 Å². The maximum absolute atomic E-state index is 5.94. The average Bonchev–Trinajstić information content (AvgIpc) is 2.99. The molecule has 0 spiro atoms. The van der Waals surface area contributed by atoms with Gasteiger partial charge in [0.2, 0.25) is 0 Å². The van der Waals surface area contributed by atoms with Crippen LogP contribution in [0, 0.1) is 0 Å². The van der Waals surface area contributed by atoms with Crippen LogP contribution in [0.5, 0.6) is 11.5 Å². The van der Waals surface area contributed by atoms with E-state index in [4.69, 9.17) is 9.47 Å². The van der Waals surface area contributed by atoms with E-state index in [1.165, 1.54) is 0 Å². The Labute approximate surface area is 123 Å². The van der Waals surface area contributed by atoms with Gasteiger partial charge in [0.05, 0.1) is 17.5 Å². The molecule has 0 atom stereocenters. The first-order valence-electron chi connectivity index (χ1n) is 6.72. The maximum atomic E-state index is 5.94. The summed E-state index contributed by atoms with van der Waals surface area (Å²) in [4.78, 5) is 5.16. The van der Waals surface area contributed by atoms with Gasteiger partial charge in [-0.2, -0.15) is 0 Å². The van der Waals surface area contributed by atoms with Crippen LogP contribution >= 0.6 is 11.3 Å². The highest BCUT2D eigenvalue weighted by atomic mass is 32.1. The number of rotatable bonds is 8. The molecule has 0 radical (unpaired) electrons. The third kappa shape index (κ3) is 3.95. The first kappa shape index (κ1) is 14.8. The van der Waals surface area contributed by atoms with Crippen LogP contribution in [-0.2, 0) is 13.2 Å². The minimum Gasteiger partial charge on any atom is -0.493 e. The van der Waals surface area contributed by atoms with Crippen molar-refractivity contribution in [1.82, 2.24) is 10.3 Å². The standard InChI is InChI=1S/C15H20N2O2S/c1-3-7-16-8-12-5-4-6-14(18-2)15(12)19-10-13-9-17-11-20-13/h4-6,9,11,16H,3,7-8,10H2,1-2H3. The maximum Gasteiger partial charge on any atom is 0.166 e. The minimum absolute atomic E-state index is 0.520. The fourth-order valence-electron chi connectivity index (χ4n) is 1.88. The molecular formula is C15H20N2O2S. The van der Waals surface area contributed by atoms with Gasteiger partial charge in [0.1, 0.15) is 6.61 Å². The summed E-state index contributed by atoms with van der Waals surface area (Å²) in [6.45, 7) is 4.44. The average molecular weight is 292 g/mol. The molecule has 0 bridgehead atoms. The van der Waals surface area contributed by atoms with Crippen molar-refractivity contribution in [2.45, 2.75) is 26.5 Å². The predicted molar refractivity (Wildman–Crippen MR) is 81.4 cm³/mol. The first-order chi connectivity index (χ1) is 9.85. The molecule has 2 rings (SSSR count). The summed E-state index contributed by atoms with van der Waals surface area (Å²) in [7, 11) is 1.66. The highest BCUT2D eigenvalue weighted by Gasteiger charge is 2.11. The molecule has 5 heteroatoms. The van der Waals surface area contributed by atoms with E-state index in [0.29, 0.717) is 6.61 Å². The summed E-state index contributed by atoms with van der Waals surface area (Å²) in [5.41, 5.74) is 2.92. The van der Waals surface area contributed by atoms with Crippen molar-refractivity contribution in [3.05, 3.63) is 40.3 Å². The molecule has 0 fully saturated rings. The van der Waals surface area contributed by atoms with Crippen molar-refractivity contribution in [3.8, 4) is 11.5 Å². The summed E-state index contributed by atoms with van der Waals surface area (Å²) in [5.74, 6) is 1.58. The van der Waals surface area contributed by atoms with Crippen LogP contribution < -0.4 is 14.8 Å². The van der Waals surface area contributed by atoms with E-state index in [-0.39, 0.29) is 0 Å². The molecule has 4 nitrogen and oxygen atoms in total. The second-order valence-electron chi connectivity index (χ2n) is 4.38. The number of ether oxygens (including phenoxy) is 2. The number of hydrogen-bond donors (Lipinski definition) is 1. The minimum atomic E-state index is 0.520. The number of benzene rings is 1. The lowest BCUT2D eigenvalue weighted by Gasteiger charge is -2.15. The Kier molecular flexibility index (Phi) is 5.83. The summed E-state index contributed by atoms with van der Waals surface area (Å²) in [6, 6.07) is 5.97. The van der Waals surface area contributed by atoms with Crippen LogP contribution in [-0.4, -0.2) is 18.6 Å². The Balaban J connectivity index is 2.10. The number of hydrogen-bond acceptors (Lipinski definition) is 5. The Morgan fingerprint density at radius 1 is 1.35 bits per heavy atom. The zero-order valence-corrected chi connectivity index (χ0v) is 12.7. The van der Waals surface area contributed by atoms with Gasteiger partial charge < -0.3 is 14.8 Å². The lowest BCUT2D eigenvalue weighted by molar-refractivity contribution is 0.283. The lowest BCUT2D eigenvalue weighted by Crippen LogP contribution is -2.15. The number of methoxy groups -OCH3 is 1. The molecule has 1 heterocycles. The zero-order chi connectivity index (χ0) is 14.2. The second-order valence-corrected chi connectivity index (χ2v) is 5.35. The topological polar surface area (TPSA) is 43.4 Å². The molecule has 0 unspecified atom stereocenters. The molecule has 0 amide bonds. The van der Waals surface area contributed by atoms with E-state index in [1.54, 1.807) is 18.4 Å². The molecule has 2 aromatic rings. The molecule has 20 heavy (non-hydrogen) atoms. The van der Waals surface area contributed by atoms with E-state index in [1.807, 2.05) is 23.8 Å². The quantitative estimate of drug-likeness (QED) is 0.759. The molecule has 0 saturated heterocycles. The second kappa shape index (κ2) is 7.87. The van der Waals surface area contributed by atoms with Gasteiger partial charge >= 0.3 is 0 Å². The highest BCUT2D eigenvalue weighted by Crippen LogP contribution is 2.32. The SMILES string of the molecule is CCCNCc1cccc(OC)c1OCc1cncs1. The van der Waals surface area contributed by atoms with Gasteiger partial charge in [0.15, 0.2) is 11.5 Å². The van der Waals surface area contributed by atoms with Crippen LogP contribution in [0.15, 0.2) is 29.9 Å². The molecule has 1 N–H and O–H groups in total. The summed E-state index contributed by atoms with van der Waals surface area (Å²) < 4.78 is 11.3. The summed E-state index contributed by atoms with van der Waals surface area (Å²) >= 11 is 1.59. The Bertz CT molecular complexity index is 515. The molecular weight excluding hydrogens is 272 g/mol. The van der Waals surface area contributed by atoms with E-state index < -0.39 is 0 Å². The van der Waals surface area contributed by atoms with Gasteiger partial charge in [-0.3, -0.25) is 4.98 Å². The Morgan fingerprint density at radius 3 is 2.95 bits per heavy atom. The number of nitrogens with zero attached hydrogens (tertiary/aromatic N) is 1. The van der Waals surface area contributed by atoms with Crippen LogP contribution in [0.4, 0.5) is 0 Å². The largest absolute Gasteiger partial charge is 0.493 e. The molecule has 0 aliphatic carbocycles. The molecule has 1 aromatic heterocycles. The van der Waals surface area contributed by atoms with Crippen LogP contribution in [0.25, 0.3) is 0 Å². The molecule has 108 valence electrons. The van der Waals surface area contributed by atoms with Crippen molar-refractivity contribution >= 4 is 11.3 Å².